The molecular weight excluding hydrogens is 302 g/mol. The van der Waals surface area contributed by atoms with Crippen molar-refractivity contribution < 1.29 is 9.15 Å². The highest BCUT2D eigenvalue weighted by atomic mass is 32.2. The van der Waals surface area contributed by atoms with Gasteiger partial charge in [0, 0.05) is 12.6 Å². The molecule has 0 bridgehead atoms. The van der Waals surface area contributed by atoms with E-state index in [9.17, 15) is 0 Å². The summed E-state index contributed by atoms with van der Waals surface area (Å²) >= 11 is 1.52. The smallest absolute Gasteiger partial charge is 0.247 e. The van der Waals surface area contributed by atoms with Crippen LogP contribution in [0.2, 0.25) is 0 Å². The third kappa shape index (κ3) is 2.96. The Kier molecular flexibility index (Phi) is 4.10. The molecule has 7 nitrogen and oxygen atoms in total. The molecule has 0 saturated carbocycles. The summed E-state index contributed by atoms with van der Waals surface area (Å²) in [7, 11) is 3.52. The van der Waals surface area contributed by atoms with Gasteiger partial charge in [0.2, 0.25) is 11.8 Å². The SMILES string of the molecule is COc1ccc(-c2nnc([C@H](C)Sc3nncn3C)o2)cc1. The van der Waals surface area contributed by atoms with Gasteiger partial charge in [0.1, 0.15) is 12.1 Å². The number of thioether (sulfide) groups is 1. The van der Waals surface area contributed by atoms with Gasteiger partial charge in [-0.2, -0.15) is 0 Å². The summed E-state index contributed by atoms with van der Waals surface area (Å²) in [5.74, 6) is 1.83. The largest absolute Gasteiger partial charge is 0.497 e. The van der Waals surface area contributed by atoms with Gasteiger partial charge in [0.05, 0.1) is 12.4 Å². The summed E-state index contributed by atoms with van der Waals surface area (Å²) in [6.07, 6.45) is 1.66. The van der Waals surface area contributed by atoms with E-state index in [4.69, 9.17) is 9.15 Å². The number of hydrogen-bond donors (Lipinski definition) is 0. The van der Waals surface area contributed by atoms with Crippen LogP contribution < -0.4 is 4.74 Å². The van der Waals surface area contributed by atoms with Crippen LogP contribution in [0.3, 0.4) is 0 Å². The Balaban J connectivity index is 1.76. The van der Waals surface area contributed by atoms with Gasteiger partial charge in [-0.15, -0.1) is 20.4 Å². The zero-order valence-corrected chi connectivity index (χ0v) is 13.2. The van der Waals surface area contributed by atoms with E-state index in [0.717, 1.165) is 16.5 Å². The summed E-state index contributed by atoms with van der Waals surface area (Å²) in [5.41, 5.74) is 0.857. The van der Waals surface area contributed by atoms with Gasteiger partial charge in [-0.1, -0.05) is 11.8 Å². The standard InChI is InChI=1S/C14H15N5O2S/c1-9(22-14-18-15-8-19(14)2)12-16-17-13(21-12)10-4-6-11(20-3)7-5-10/h4-9H,1-3H3/t9-/m0/s1. The van der Waals surface area contributed by atoms with Crippen LogP contribution in [0, 0.1) is 0 Å². The maximum Gasteiger partial charge on any atom is 0.247 e. The number of methoxy groups -OCH3 is 1. The third-order valence-corrected chi connectivity index (χ3v) is 4.21. The first-order valence-corrected chi connectivity index (χ1v) is 7.54. The van der Waals surface area contributed by atoms with E-state index in [1.807, 2.05) is 42.8 Å². The third-order valence-electron chi connectivity index (χ3n) is 3.08. The maximum atomic E-state index is 5.75. The number of aromatic nitrogens is 5. The van der Waals surface area contributed by atoms with Crippen LogP contribution in [0.15, 0.2) is 40.2 Å². The van der Waals surface area contributed by atoms with Crippen LogP contribution in [-0.2, 0) is 7.05 Å². The average molecular weight is 317 g/mol. The number of benzene rings is 1. The summed E-state index contributed by atoms with van der Waals surface area (Å²) in [4.78, 5) is 0. The first-order chi connectivity index (χ1) is 10.7. The quantitative estimate of drug-likeness (QED) is 0.669. The molecule has 0 aliphatic carbocycles. The highest BCUT2D eigenvalue weighted by Crippen LogP contribution is 2.33. The molecule has 22 heavy (non-hydrogen) atoms. The first-order valence-electron chi connectivity index (χ1n) is 6.66. The van der Waals surface area contributed by atoms with Gasteiger partial charge in [-0.05, 0) is 31.2 Å². The Morgan fingerprint density at radius 3 is 2.59 bits per heavy atom. The maximum absolute atomic E-state index is 5.75. The lowest BCUT2D eigenvalue weighted by Gasteiger charge is -2.05. The molecule has 8 heteroatoms. The zero-order valence-electron chi connectivity index (χ0n) is 12.4. The minimum atomic E-state index is -0.0117. The minimum absolute atomic E-state index is 0.0117. The normalized spacial score (nSPS) is 12.3. The second-order valence-electron chi connectivity index (χ2n) is 4.66. The van der Waals surface area contributed by atoms with E-state index >= 15 is 0 Å². The minimum Gasteiger partial charge on any atom is -0.497 e. The van der Waals surface area contributed by atoms with Gasteiger partial charge < -0.3 is 13.7 Å². The fourth-order valence-corrected chi connectivity index (χ4v) is 2.66. The fourth-order valence-electron chi connectivity index (χ4n) is 1.84. The van der Waals surface area contributed by atoms with Crippen molar-refractivity contribution in [1.29, 1.82) is 0 Å². The molecule has 2 heterocycles. The molecule has 3 rings (SSSR count). The number of nitrogens with zero attached hydrogens (tertiary/aromatic N) is 5. The van der Waals surface area contributed by atoms with E-state index in [1.54, 1.807) is 13.4 Å². The van der Waals surface area contributed by atoms with Crippen molar-refractivity contribution in [3.05, 3.63) is 36.5 Å². The van der Waals surface area contributed by atoms with Crippen LogP contribution in [0.25, 0.3) is 11.5 Å². The molecule has 2 aromatic heterocycles. The fraction of sp³-hybridized carbons (Fsp3) is 0.286. The highest BCUT2D eigenvalue weighted by Gasteiger charge is 2.18. The predicted molar refractivity (Wildman–Crippen MR) is 81.6 cm³/mol. The molecule has 0 amide bonds. The lowest BCUT2D eigenvalue weighted by molar-refractivity contribution is 0.415. The summed E-state index contributed by atoms with van der Waals surface area (Å²) in [5, 5.41) is 16.9. The number of hydrogen-bond acceptors (Lipinski definition) is 7. The molecule has 1 aromatic carbocycles. The Bertz CT molecular complexity index is 753. The van der Waals surface area contributed by atoms with E-state index in [0.29, 0.717) is 11.8 Å². The number of aryl methyl sites for hydroxylation is 1. The van der Waals surface area contributed by atoms with E-state index in [1.165, 1.54) is 11.8 Å². The molecule has 0 radical (unpaired) electrons. The second kappa shape index (κ2) is 6.18. The van der Waals surface area contributed by atoms with Crippen molar-refractivity contribution in [3.8, 4) is 17.2 Å². The van der Waals surface area contributed by atoms with Crippen molar-refractivity contribution >= 4 is 11.8 Å². The van der Waals surface area contributed by atoms with Crippen molar-refractivity contribution in [3.63, 3.8) is 0 Å². The van der Waals surface area contributed by atoms with Crippen molar-refractivity contribution in [1.82, 2.24) is 25.0 Å². The van der Waals surface area contributed by atoms with Crippen LogP contribution in [0.4, 0.5) is 0 Å². The molecule has 0 fully saturated rings. The van der Waals surface area contributed by atoms with Gasteiger partial charge in [-0.3, -0.25) is 0 Å². The Labute approximate surface area is 131 Å². The topological polar surface area (TPSA) is 78.9 Å². The van der Waals surface area contributed by atoms with Crippen molar-refractivity contribution in [2.75, 3.05) is 7.11 Å². The molecule has 0 spiro atoms. The zero-order chi connectivity index (χ0) is 15.5. The molecule has 0 unspecified atom stereocenters. The van der Waals surface area contributed by atoms with Crippen molar-refractivity contribution in [2.45, 2.75) is 17.3 Å². The number of rotatable bonds is 5. The van der Waals surface area contributed by atoms with Gasteiger partial charge in [-0.25, -0.2) is 0 Å². The molecule has 0 aliphatic heterocycles. The summed E-state index contributed by atoms with van der Waals surface area (Å²) < 4.78 is 12.7. The highest BCUT2D eigenvalue weighted by molar-refractivity contribution is 7.99. The molecular formula is C14H15N5O2S. The van der Waals surface area contributed by atoms with Gasteiger partial charge in [0.25, 0.3) is 0 Å². The molecule has 0 N–H and O–H groups in total. The summed E-state index contributed by atoms with van der Waals surface area (Å²) in [6, 6.07) is 7.49. The lowest BCUT2D eigenvalue weighted by Crippen LogP contribution is -1.94. The predicted octanol–water partition coefficient (Wildman–Crippen LogP) is 2.73. The average Bonchev–Trinajstić information content (AvgIpc) is 3.17. The molecule has 3 aromatic rings. The Morgan fingerprint density at radius 2 is 1.95 bits per heavy atom. The molecule has 114 valence electrons. The molecule has 1 atom stereocenters. The van der Waals surface area contributed by atoms with Crippen LogP contribution in [0.5, 0.6) is 5.75 Å². The second-order valence-corrected chi connectivity index (χ2v) is 5.97. The lowest BCUT2D eigenvalue weighted by atomic mass is 10.2. The van der Waals surface area contributed by atoms with E-state index < -0.39 is 0 Å². The first kappa shape index (κ1) is 14.6. The Morgan fingerprint density at radius 1 is 1.18 bits per heavy atom. The van der Waals surface area contributed by atoms with Crippen LogP contribution >= 0.6 is 11.8 Å². The van der Waals surface area contributed by atoms with Gasteiger partial charge in [0.15, 0.2) is 5.16 Å². The molecule has 0 saturated heterocycles. The van der Waals surface area contributed by atoms with Gasteiger partial charge >= 0.3 is 0 Å². The molecule has 0 aliphatic rings. The monoisotopic (exact) mass is 317 g/mol. The Hall–Kier alpha value is -2.35. The van der Waals surface area contributed by atoms with E-state index in [-0.39, 0.29) is 5.25 Å². The van der Waals surface area contributed by atoms with E-state index in [2.05, 4.69) is 20.4 Å². The van der Waals surface area contributed by atoms with Crippen molar-refractivity contribution in [2.24, 2.45) is 7.05 Å². The van der Waals surface area contributed by atoms with Crippen LogP contribution in [-0.4, -0.2) is 32.1 Å². The number of ether oxygens (including phenoxy) is 1. The van der Waals surface area contributed by atoms with Crippen LogP contribution in [0.1, 0.15) is 18.1 Å². The summed E-state index contributed by atoms with van der Waals surface area (Å²) in [6.45, 7) is 1.99.